The van der Waals surface area contributed by atoms with E-state index in [4.69, 9.17) is 19.4 Å². The number of alkyl halides is 9. The molecule has 0 saturated heterocycles. The van der Waals surface area contributed by atoms with E-state index < -0.39 is 40.8 Å². The van der Waals surface area contributed by atoms with Crippen LogP contribution >= 0.6 is 0 Å². The Balaban J connectivity index is 1.14. The summed E-state index contributed by atoms with van der Waals surface area (Å²) < 4.78 is 136. The van der Waals surface area contributed by atoms with Crippen LogP contribution in [0.1, 0.15) is 22.3 Å². The number of hydrogen-bond donors (Lipinski definition) is 0. The Bertz CT molecular complexity index is 4160. The van der Waals surface area contributed by atoms with E-state index in [2.05, 4.69) is 0 Å². The highest BCUT2D eigenvalue weighted by Crippen LogP contribution is 2.45. The minimum absolute atomic E-state index is 0.0206. The van der Waals surface area contributed by atoms with Crippen molar-refractivity contribution >= 4 is 43.7 Å². The zero-order chi connectivity index (χ0) is 52.0. The lowest BCUT2D eigenvalue weighted by atomic mass is 9.94. The van der Waals surface area contributed by atoms with E-state index in [0.29, 0.717) is 84.2 Å². The second-order valence-electron chi connectivity index (χ2n) is 18.2. The number of hydrogen-bond acceptors (Lipinski definition) is 4. The maximum atomic E-state index is 14.8. The van der Waals surface area contributed by atoms with Crippen molar-refractivity contribution in [2.24, 2.45) is 0 Å². The smallest absolute Gasteiger partial charge is 0.417 e. The molecule has 0 aliphatic carbocycles. The molecule has 75 heavy (non-hydrogen) atoms. The van der Waals surface area contributed by atoms with E-state index >= 15 is 0 Å². The van der Waals surface area contributed by atoms with E-state index in [1.807, 2.05) is 126 Å². The van der Waals surface area contributed by atoms with Crippen LogP contribution in [0.25, 0.3) is 117 Å². The second kappa shape index (κ2) is 17.6. The Kier molecular flexibility index (Phi) is 11.0. The number of aryl methyl sites for hydroxylation is 1. The summed E-state index contributed by atoms with van der Waals surface area (Å²) in [7, 11) is 0. The van der Waals surface area contributed by atoms with Gasteiger partial charge in [-0.2, -0.15) is 39.5 Å². The largest absolute Gasteiger partial charge is 0.456 e. The molecule has 0 bridgehead atoms. The molecule has 0 saturated carbocycles. The summed E-state index contributed by atoms with van der Waals surface area (Å²) in [5.74, 6) is 1.02. The van der Waals surface area contributed by atoms with Crippen LogP contribution < -0.4 is 0 Å². The van der Waals surface area contributed by atoms with Crippen molar-refractivity contribution in [2.75, 3.05) is 0 Å². The second-order valence-corrected chi connectivity index (χ2v) is 18.2. The number of aromatic nitrogens is 4. The lowest BCUT2D eigenvalue weighted by molar-refractivity contribution is -0.143. The maximum Gasteiger partial charge on any atom is 0.417 e. The Morgan fingerprint density at radius 1 is 0.360 bits per heavy atom. The van der Waals surface area contributed by atoms with E-state index in [0.717, 1.165) is 45.7 Å². The first kappa shape index (κ1) is 47.0. The van der Waals surface area contributed by atoms with Crippen LogP contribution in [0.2, 0.25) is 0 Å². The van der Waals surface area contributed by atoms with Gasteiger partial charge in [-0.25, -0.2) is 15.0 Å². The van der Waals surface area contributed by atoms with Crippen molar-refractivity contribution in [3.8, 4) is 73.2 Å². The van der Waals surface area contributed by atoms with Crippen molar-refractivity contribution in [1.29, 1.82) is 0 Å². The van der Waals surface area contributed by atoms with Gasteiger partial charge in [0, 0.05) is 38.2 Å². The quantitative estimate of drug-likeness (QED) is 0.149. The average molecular weight is 1010 g/mol. The summed E-state index contributed by atoms with van der Waals surface area (Å²) >= 11 is 0. The van der Waals surface area contributed by atoms with Crippen molar-refractivity contribution < 1.29 is 43.9 Å². The molecular formula is C61H35F9N4O. The molecular weight excluding hydrogens is 976 g/mol. The Hall–Kier alpha value is -9.04. The highest BCUT2D eigenvalue weighted by Gasteiger charge is 2.39. The number of rotatable bonds is 7. The molecule has 0 fully saturated rings. The van der Waals surface area contributed by atoms with Crippen molar-refractivity contribution in [2.45, 2.75) is 25.5 Å². The van der Waals surface area contributed by atoms with Crippen LogP contribution in [0.5, 0.6) is 0 Å². The average Bonchev–Trinajstić information content (AvgIpc) is 3.96. The van der Waals surface area contributed by atoms with Crippen LogP contribution in [-0.4, -0.2) is 19.5 Å². The lowest BCUT2D eigenvalue weighted by Gasteiger charge is -2.17. The SMILES string of the molecule is Cc1cc(C(F)(F)F)ccc1-c1ccc2c(c1)c1cc(-c3ccc(C(F)(F)F)cc3C(F)(F)F)ccc1n2-c1ccc(-c2ccc3c(c2)oc2ccccc23)cc1-c1nc(-c2ccccc2)nc(-c2ccccc2)n1. The van der Waals surface area contributed by atoms with Crippen LogP contribution in [0.3, 0.4) is 0 Å². The minimum atomic E-state index is -5.17. The predicted molar refractivity (Wildman–Crippen MR) is 274 cm³/mol. The number of fused-ring (bicyclic) bond motifs is 6. The van der Waals surface area contributed by atoms with Gasteiger partial charge < -0.3 is 8.98 Å². The third-order valence-electron chi connectivity index (χ3n) is 13.5. The molecule has 12 rings (SSSR count). The fraction of sp³-hybridized carbons (Fsp3) is 0.0656. The maximum absolute atomic E-state index is 14.8. The van der Waals surface area contributed by atoms with E-state index in [-0.39, 0.29) is 17.5 Å². The Morgan fingerprint density at radius 3 is 1.47 bits per heavy atom. The molecule has 0 amide bonds. The first-order valence-corrected chi connectivity index (χ1v) is 23.4. The monoisotopic (exact) mass is 1010 g/mol. The fourth-order valence-electron chi connectivity index (χ4n) is 9.91. The summed E-state index contributed by atoms with van der Waals surface area (Å²) in [5, 5.41) is 2.78. The van der Waals surface area contributed by atoms with E-state index in [1.54, 1.807) is 31.2 Å². The lowest BCUT2D eigenvalue weighted by Crippen LogP contribution is -2.12. The van der Waals surface area contributed by atoms with Gasteiger partial charge in [0.1, 0.15) is 11.2 Å². The first-order valence-electron chi connectivity index (χ1n) is 23.4. The summed E-state index contributed by atoms with van der Waals surface area (Å²) in [5.41, 5.74) is 3.49. The van der Waals surface area contributed by atoms with Crippen LogP contribution in [0.15, 0.2) is 199 Å². The van der Waals surface area contributed by atoms with Gasteiger partial charge in [0.2, 0.25) is 0 Å². The normalized spacial score (nSPS) is 12.4. The van der Waals surface area contributed by atoms with Gasteiger partial charge in [-0.05, 0) is 125 Å². The molecule has 368 valence electrons. The fourth-order valence-corrected chi connectivity index (χ4v) is 9.91. The molecule has 3 heterocycles. The molecule has 0 N–H and O–H groups in total. The summed E-state index contributed by atoms with van der Waals surface area (Å²) in [6.45, 7) is 1.56. The highest BCUT2D eigenvalue weighted by molar-refractivity contribution is 6.12. The number of nitrogens with zero attached hydrogens (tertiary/aromatic N) is 4. The van der Waals surface area contributed by atoms with Gasteiger partial charge >= 0.3 is 18.5 Å². The summed E-state index contributed by atoms with van der Waals surface area (Å²) in [6, 6.07) is 53.0. The number of para-hydroxylation sites is 1. The van der Waals surface area contributed by atoms with Crippen molar-refractivity contribution in [3.05, 3.63) is 216 Å². The van der Waals surface area contributed by atoms with Crippen LogP contribution in [0.4, 0.5) is 39.5 Å². The molecule has 9 aromatic carbocycles. The standard InChI is InChI=1S/C61H35F9N4O/c1-34-28-41(59(62,63)64)20-23-43(34)39-18-26-51-47(30-39)48-31-40(44-24-21-42(60(65,66)67)33-50(44)61(68,69)70)19-27-52(48)74(51)53-25-17-37(38-16-22-46-45-14-8-9-15-54(45)75-55(46)32-38)29-49(53)58-72-56(35-10-4-2-5-11-35)71-57(73-58)36-12-6-3-7-13-36/h2-33H,1H3. The topological polar surface area (TPSA) is 56.7 Å². The molecule has 0 radical (unpaired) electrons. The number of furan rings is 1. The van der Waals surface area contributed by atoms with E-state index in [9.17, 15) is 39.5 Å². The van der Waals surface area contributed by atoms with Gasteiger partial charge in [0.15, 0.2) is 17.5 Å². The molecule has 0 unspecified atom stereocenters. The third-order valence-corrected chi connectivity index (χ3v) is 13.5. The third kappa shape index (κ3) is 8.51. The van der Waals surface area contributed by atoms with Crippen molar-refractivity contribution in [1.82, 2.24) is 19.5 Å². The number of halogens is 9. The summed E-state index contributed by atoms with van der Waals surface area (Å²) in [6.07, 6.45) is -14.8. The molecule has 12 aromatic rings. The Morgan fingerprint density at radius 2 is 0.867 bits per heavy atom. The Labute approximate surface area is 420 Å². The van der Waals surface area contributed by atoms with Gasteiger partial charge in [0.25, 0.3) is 0 Å². The number of benzene rings is 9. The van der Waals surface area contributed by atoms with Gasteiger partial charge in [-0.3, -0.25) is 0 Å². The summed E-state index contributed by atoms with van der Waals surface area (Å²) in [4.78, 5) is 15.2. The highest BCUT2D eigenvalue weighted by atomic mass is 19.4. The van der Waals surface area contributed by atoms with E-state index in [1.165, 1.54) is 18.2 Å². The molecule has 0 spiro atoms. The molecule has 0 aliphatic rings. The first-order chi connectivity index (χ1) is 36.0. The minimum Gasteiger partial charge on any atom is -0.456 e. The zero-order valence-corrected chi connectivity index (χ0v) is 39.1. The molecule has 0 aliphatic heterocycles. The van der Waals surface area contributed by atoms with Gasteiger partial charge in [-0.15, -0.1) is 0 Å². The van der Waals surface area contributed by atoms with Crippen LogP contribution in [0, 0.1) is 6.92 Å². The van der Waals surface area contributed by atoms with Gasteiger partial charge in [-0.1, -0.05) is 115 Å². The molecule has 14 heteroatoms. The predicted octanol–water partition coefficient (Wildman–Crippen LogP) is 18.2. The van der Waals surface area contributed by atoms with Gasteiger partial charge in [0.05, 0.1) is 33.4 Å². The molecule has 5 nitrogen and oxygen atoms in total. The molecule has 0 atom stereocenters. The zero-order valence-electron chi connectivity index (χ0n) is 39.1. The van der Waals surface area contributed by atoms with Crippen LogP contribution in [-0.2, 0) is 18.5 Å². The molecule has 3 aromatic heterocycles. The van der Waals surface area contributed by atoms with Crippen molar-refractivity contribution in [3.63, 3.8) is 0 Å².